The average molecular weight is 643 g/mol. The van der Waals surface area contributed by atoms with Crippen LogP contribution in [-0.2, 0) is 0 Å². The molecule has 0 aromatic heterocycles. The number of anilines is 1. The number of nitrogens with zero attached hydrogens (tertiary/aromatic N) is 5. The highest BCUT2D eigenvalue weighted by Gasteiger charge is 2.44. The van der Waals surface area contributed by atoms with Gasteiger partial charge in [0.2, 0.25) is 5.96 Å². The quantitative estimate of drug-likeness (QED) is 0.258. The summed E-state index contributed by atoms with van der Waals surface area (Å²) in [5.41, 5.74) is 2.71. The summed E-state index contributed by atoms with van der Waals surface area (Å²) in [4.78, 5) is 20.9. The molecule has 224 valence electrons. The van der Waals surface area contributed by atoms with Gasteiger partial charge in [-0.2, -0.15) is 0 Å². The monoisotopic (exact) mass is 641 g/mol. The summed E-state index contributed by atoms with van der Waals surface area (Å²) in [6, 6.07) is 24.9. The van der Waals surface area contributed by atoms with Gasteiger partial charge in [-0.3, -0.25) is 9.80 Å². The molecular weight excluding hydrogens is 602 g/mol. The van der Waals surface area contributed by atoms with E-state index in [1.807, 2.05) is 48.5 Å². The van der Waals surface area contributed by atoms with E-state index in [0.29, 0.717) is 6.04 Å². The van der Waals surface area contributed by atoms with Crippen LogP contribution in [0, 0.1) is 0 Å². The van der Waals surface area contributed by atoms with Gasteiger partial charge in [0.1, 0.15) is 11.5 Å². The maximum atomic E-state index is 5.57. The van der Waals surface area contributed by atoms with Crippen molar-refractivity contribution in [2.75, 3.05) is 19.1 Å². The molecule has 0 amide bonds. The molecule has 0 atom stereocenters. The molecule has 1 saturated heterocycles. The summed E-state index contributed by atoms with van der Waals surface area (Å²) >= 11 is 3.64. The number of guanidine groups is 1. The van der Waals surface area contributed by atoms with E-state index in [-0.39, 0.29) is 6.04 Å². The maximum Gasteiger partial charge on any atom is 0.213 e. The second-order valence-electron chi connectivity index (χ2n) is 11.5. The normalized spacial score (nSPS) is 21.2. The molecule has 2 saturated carbocycles. The minimum absolute atomic E-state index is 0.287. The predicted molar refractivity (Wildman–Crippen MR) is 180 cm³/mol. The lowest BCUT2D eigenvalue weighted by atomic mass is 9.94. The van der Waals surface area contributed by atoms with E-state index in [4.69, 9.17) is 24.5 Å². The molecule has 2 aliphatic carbocycles. The van der Waals surface area contributed by atoms with Gasteiger partial charge in [-0.05, 0) is 98.5 Å². The highest BCUT2D eigenvalue weighted by Crippen LogP contribution is 2.35. The van der Waals surface area contributed by atoms with Gasteiger partial charge < -0.3 is 9.47 Å². The second kappa shape index (κ2) is 13.8. The van der Waals surface area contributed by atoms with E-state index in [2.05, 4.69) is 50.0 Å². The molecule has 0 N–H and O–H groups in total. The lowest BCUT2D eigenvalue weighted by molar-refractivity contribution is 0.321. The van der Waals surface area contributed by atoms with Crippen molar-refractivity contribution in [3.63, 3.8) is 0 Å². The summed E-state index contributed by atoms with van der Waals surface area (Å²) < 4.78 is 11.9. The zero-order chi connectivity index (χ0) is 29.6. The van der Waals surface area contributed by atoms with Gasteiger partial charge in [0.15, 0.2) is 11.7 Å². The Morgan fingerprint density at radius 3 is 1.67 bits per heavy atom. The molecule has 3 fully saturated rings. The number of hydrogen-bond acceptors (Lipinski definition) is 5. The summed E-state index contributed by atoms with van der Waals surface area (Å²) in [6.45, 7) is 0. The molecule has 3 aliphatic rings. The minimum Gasteiger partial charge on any atom is -0.497 e. The number of halogens is 1. The van der Waals surface area contributed by atoms with Crippen LogP contribution in [0.4, 0.5) is 17.1 Å². The lowest BCUT2D eigenvalue weighted by Crippen LogP contribution is -2.44. The Morgan fingerprint density at radius 2 is 1.14 bits per heavy atom. The zero-order valence-electron chi connectivity index (χ0n) is 25.1. The van der Waals surface area contributed by atoms with Crippen molar-refractivity contribution < 1.29 is 9.47 Å². The van der Waals surface area contributed by atoms with Crippen LogP contribution in [0.3, 0.4) is 0 Å². The Kier molecular flexibility index (Phi) is 9.42. The van der Waals surface area contributed by atoms with Crippen molar-refractivity contribution >= 4 is 50.6 Å². The first kappa shape index (κ1) is 29.4. The molecule has 0 unspecified atom stereocenters. The van der Waals surface area contributed by atoms with Crippen LogP contribution in [0.15, 0.2) is 92.2 Å². The van der Waals surface area contributed by atoms with E-state index in [0.717, 1.165) is 76.3 Å². The van der Waals surface area contributed by atoms with Gasteiger partial charge in [0, 0.05) is 10.5 Å². The largest absolute Gasteiger partial charge is 0.497 e. The summed E-state index contributed by atoms with van der Waals surface area (Å²) in [5, 5.41) is 0. The molecule has 0 radical (unpaired) electrons. The fourth-order valence-electron chi connectivity index (χ4n) is 6.26. The Morgan fingerprint density at radius 1 is 0.628 bits per heavy atom. The van der Waals surface area contributed by atoms with Crippen molar-refractivity contribution in [2.24, 2.45) is 15.0 Å². The minimum atomic E-state index is 0.287. The van der Waals surface area contributed by atoms with Gasteiger partial charge >= 0.3 is 0 Å². The number of methoxy groups -OCH3 is 2. The topological polar surface area (TPSA) is 62.0 Å². The first-order chi connectivity index (χ1) is 21.1. The third kappa shape index (κ3) is 6.80. The molecule has 1 heterocycles. The number of aliphatic imine (C=N–C) groups is 3. The molecule has 3 aromatic carbocycles. The van der Waals surface area contributed by atoms with E-state index >= 15 is 0 Å². The first-order valence-corrected chi connectivity index (χ1v) is 16.3. The van der Waals surface area contributed by atoms with Crippen molar-refractivity contribution in [1.82, 2.24) is 4.90 Å². The number of ether oxygens (including phenoxy) is 2. The van der Waals surface area contributed by atoms with E-state index in [1.165, 1.54) is 38.5 Å². The van der Waals surface area contributed by atoms with Gasteiger partial charge in [-0.1, -0.05) is 54.5 Å². The van der Waals surface area contributed by atoms with Gasteiger partial charge in [-0.15, -0.1) is 0 Å². The highest BCUT2D eigenvalue weighted by atomic mass is 79.9. The molecule has 3 aromatic rings. The van der Waals surface area contributed by atoms with E-state index in [9.17, 15) is 0 Å². The van der Waals surface area contributed by atoms with Gasteiger partial charge in [0.25, 0.3) is 0 Å². The second-order valence-corrected chi connectivity index (χ2v) is 12.4. The first-order valence-electron chi connectivity index (χ1n) is 15.5. The maximum absolute atomic E-state index is 5.57. The average Bonchev–Trinajstić information content (AvgIpc) is 3.34. The Balaban J connectivity index is 1.58. The molecule has 7 nitrogen and oxygen atoms in total. The van der Waals surface area contributed by atoms with Crippen molar-refractivity contribution in [3.8, 4) is 11.5 Å². The van der Waals surface area contributed by atoms with Crippen LogP contribution in [0.5, 0.6) is 11.5 Å². The van der Waals surface area contributed by atoms with Crippen LogP contribution in [-0.4, -0.2) is 48.8 Å². The molecular formula is C35H40BrN5O2. The molecule has 0 bridgehead atoms. The van der Waals surface area contributed by atoms with Crippen molar-refractivity contribution in [2.45, 2.75) is 76.3 Å². The summed E-state index contributed by atoms with van der Waals surface area (Å²) in [5.74, 6) is 4.17. The Labute approximate surface area is 263 Å². The van der Waals surface area contributed by atoms with Crippen LogP contribution >= 0.6 is 15.9 Å². The lowest BCUT2D eigenvalue weighted by Gasteiger charge is -2.33. The number of benzene rings is 3. The number of rotatable bonds is 7. The predicted octanol–water partition coefficient (Wildman–Crippen LogP) is 9.07. The third-order valence-electron chi connectivity index (χ3n) is 8.57. The zero-order valence-corrected chi connectivity index (χ0v) is 26.7. The van der Waals surface area contributed by atoms with Crippen LogP contribution in [0.1, 0.15) is 64.2 Å². The summed E-state index contributed by atoms with van der Waals surface area (Å²) in [7, 11) is 3.37. The number of hydrogen-bond donors (Lipinski definition) is 0. The molecule has 8 heteroatoms. The van der Waals surface area contributed by atoms with Gasteiger partial charge in [-0.25, -0.2) is 15.0 Å². The van der Waals surface area contributed by atoms with E-state index in [1.54, 1.807) is 14.2 Å². The third-order valence-corrected chi connectivity index (χ3v) is 9.10. The molecule has 43 heavy (non-hydrogen) atoms. The number of amidine groups is 2. The molecule has 0 spiro atoms. The Bertz CT molecular complexity index is 1460. The van der Waals surface area contributed by atoms with Crippen LogP contribution in [0.25, 0.3) is 0 Å². The fraction of sp³-hybridized carbons (Fsp3) is 0.400. The SMILES string of the molecule is COc1ccc(N=C2C(=Nc3ccc(OC)cc3)N(C3CCCCC3)C(=NC3CCCCC3)N2c2ccc(Br)cc2)cc1. The molecule has 1 aliphatic heterocycles. The summed E-state index contributed by atoms with van der Waals surface area (Å²) in [6.07, 6.45) is 11.9. The van der Waals surface area contributed by atoms with Gasteiger partial charge in [0.05, 0.1) is 37.3 Å². The van der Waals surface area contributed by atoms with Crippen LogP contribution < -0.4 is 14.4 Å². The standard InChI is InChI=1S/C35H40BrN5O2/c1-42-31-21-15-27(16-22-31)37-33-34(38-28-17-23-32(43-2)24-18-28)41(30-19-13-25(36)14-20-30)35(39-26-9-5-3-6-10-26)40(33)29-11-7-4-8-12-29/h13-24,26,29H,3-12H2,1-2H3. The Hall–Kier alpha value is -3.65. The molecule has 6 rings (SSSR count). The fourth-order valence-corrected chi connectivity index (χ4v) is 6.53. The van der Waals surface area contributed by atoms with Crippen LogP contribution in [0.2, 0.25) is 0 Å². The van der Waals surface area contributed by atoms with Crippen molar-refractivity contribution in [1.29, 1.82) is 0 Å². The van der Waals surface area contributed by atoms with Crippen molar-refractivity contribution in [3.05, 3.63) is 77.3 Å². The highest BCUT2D eigenvalue weighted by molar-refractivity contribution is 9.10. The smallest absolute Gasteiger partial charge is 0.213 e. The van der Waals surface area contributed by atoms with E-state index < -0.39 is 0 Å².